The minimum absolute atomic E-state index is 0.217. The van der Waals surface area contributed by atoms with Gasteiger partial charge in [0.1, 0.15) is 11.5 Å². The topological polar surface area (TPSA) is 66.9 Å². The number of anilines is 1. The molecule has 0 bridgehead atoms. The number of carbonyl (C=O) groups excluding carboxylic acids is 1. The Balaban J connectivity index is 2.62. The van der Waals surface area contributed by atoms with Crippen molar-refractivity contribution in [2.75, 3.05) is 5.32 Å². The Kier molecular flexibility index (Phi) is 3.65. The monoisotopic (exact) mass is 305 g/mol. The van der Waals surface area contributed by atoms with Crippen LogP contribution in [0, 0.1) is 0 Å². The Hall–Kier alpha value is -1.43. The van der Waals surface area contributed by atoms with Crippen molar-refractivity contribution < 1.29 is 4.79 Å². The van der Waals surface area contributed by atoms with Crippen molar-refractivity contribution >= 4 is 47.0 Å². The van der Waals surface area contributed by atoms with E-state index >= 15 is 0 Å². The van der Waals surface area contributed by atoms with Crippen molar-refractivity contribution in [1.82, 2.24) is 9.78 Å². The van der Waals surface area contributed by atoms with Gasteiger partial charge in [-0.25, -0.2) is 4.68 Å². The first-order valence-corrected chi connectivity index (χ1v) is 5.83. The lowest BCUT2D eigenvalue weighted by Crippen LogP contribution is -2.14. The Morgan fingerprint density at radius 3 is 2.33 bits per heavy atom. The van der Waals surface area contributed by atoms with Crippen molar-refractivity contribution in [3.63, 3.8) is 0 Å². The molecule has 5 nitrogen and oxygen atoms in total. The van der Waals surface area contributed by atoms with E-state index in [-0.39, 0.29) is 21.6 Å². The Bertz CT molecular complexity index is 640. The van der Waals surface area contributed by atoms with E-state index < -0.39 is 5.56 Å². The average molecular weight is 307 g/mol. The third-order valence-corrected chi connectivity index (χ3v) is 2.93. The predicted octanol–water partition coefficient (Wildman–Crippen LogP) is 2.69. The van der Waals surface area contributed by atoms with Crippen molar-refractivity contribution in [2.45, 2.75) is 0 Å². The maximum atomic E-state index is 11.7. The summed E-state index contributed by atoms with van der Waals surface area (Å²) in [6.45, 7) is 0. The van der Waals surface area contributed by atoms with E-state index in [0.29, 0.717) is 11.4 Å². The van der Waals surface area contributed by atoms with Gasteiger partial charge >= 0.3 is 0 Å². The van der Waals surface area contributed by atoms with E-state index in [1.807, 2.05) is 0 Å². The van der Waals surface area contributed by atoms with Crippen molar-refractivity contribution in [3.05, 3.63) is 43.6 Å². The number of amides is 1. The van der Waals surface area contributed by atoms with Crippen molar-refractivity contribution in [1.29, 1.82) is 0 Å². The molecule has 0 radical (unpaired) electrons. The van der Waals surface area contributed by atoms with Crippen LogP contribution in [0.5, 0.6) is 0 Å². The summed E-state index contributed by atoms with van der Waals surface area (Å²) in [7, 11) is 0. The summed E-state index contributed by atoms with van der Waals surface area (Å²) in [5.41, 5.74) is -0.142. The summed E-state index contributed by atoms with van der Waals surface area (Å²) in [5.74, 6) is 0.233. The predicted molar refractivity (Wildman–Crippen MR) is 71.1 cm³/mol. The zero-order chi connectivity index (χ0) is 13.3. The third kappa shape index (κ3) is 2.38. The molecule has 0 atom stereocenters. The van der Waals surface area contributed by atoms with Crippen LogP contribution in [0.2, 0.25) is 15.1 Å². The lowest BCUT2D eigenvalue weighted by Gasteiger charge is -2.07. The fourth-order valence-electron chi connectivity index (χ4n) is 1.45. The number of benzene rings is 1. The smallest absolute Gasteiger partial charge is 0.273 e. The van der Waals surface area contributed by atoms with E-state index in [2.05, 4.69) is 10.4 Å². The second-order valence-corrected chi connectivity index (χ2v) is 4.57. The first kappa shape index (κ1) is 13.0. The summed E-state index contributed by atoms with van der Waals surface area (Å²) in [5, 5.41) is 5.76. The SMILES string of the molecule is O=CNc1cc(=O)n(-c2c(Cl)cc(Cl)cc2Cl)[nH]1. The van der Waals surface area contributed by atoms with Crippen molar-refractivity contribution in [2.24, 2.45) is 0 Å². The molecule has 18 heavy (non-hydrogen) atoms. The second kappa shape index (κ2) is 5.06. The average Bonchev–Trinajstić information content (AvgIpc) is 2.59. The van der Waals surface area contributed by atoms with Gasteiger partial charge in [-0.15, -0.1) is 0 Å². The summed E-state index contributed by atoms with van der Waals surface area (Å²) in [6.07, 6.45) is 0.445. The highest BCUT2D eigenvalue weighted by Crippen LogP contribution is 2.31. The molecule has 0 saturated carbocycles. The molecule has 1 aromatic carbocycles. The lowest BCUT2D eigenvalue weighted by molar-refractivity contribution is -0.105. The number of carbonyl (C=O) groups is 1. The van der Waals surface area contributed by atoms with Crippen LogP contribution in [-0.4, -0.2) is 16.2 Å². The maximum absolute atomic E-state index is 11.7. The summed E-state index contributed by atoms with van der Waals surface area (Å²) < 4.78 is 1.12. The number of aromatic amines is 1. The highest BCUT2D eigenvalue weighted by molar-refractivity contribution is 6.40. The molecule has 1 aromatic heterocycles. The third-order valence-electron chi connectivity index (χ3n) is 2.14. The van der Waals surface area contributed by atoms with Gasteiger partial charge in [0.15, 0.2) is 0 Å². The molecular weight excluding hydrogens is 300 g/mol. The number of halogens is 3. The summed E-state index contributed by atoms with van der Waals surface area (Å²) in [4.78, 5) is 22.0. The molecule has 0 fully saturated rings. The van der Waals surface area contributed by atoms with Gasteiger partial charge in [-0.2, -0.15) is 0 Å². The molecule has 0 unspecified atom stereocenters. The maximum Gasteiger partial charge on any atom is 0.273 e. The van der Waals surface area contributed by atoms with Gasteiger partial charge in [-0.3, -0.25) is 14.7 Å². The number of rotatable bonds is 3. The van der Waals surface area contributed by atoms with Crippen LogP contribution in [0.15, 0.2) is 23.0 Å². The van der Waals surface area contributed by atoms with Gasteiger partial charge in [-0.1, -0.05) is 34.8 Å². The molecular formula is C10H6Cl3N3O2. The van der Waals surface area contributed by atoms with E-state index in [1.165, 1.54) is 18.2 Å². The van der Waals surface area contributed by atoms with Crippen LogP contribution >= 0.6 is 34.8 Å². The fourth-order valence-corrected chi connectivity index (χ4v) is 2.43. The van der Waals surface area contributed by atoms with Crippen LogP contribution < -0.4 is 10.9 Å². The van der Waals surface area contributed by atoms with Gasteiger partial charge in [0, 0.05) is 11.1 Å². The van der Waals surface area contributed by atoms with Crippen molar-refractivity contribution in [3.8, 4) is 5.69 Å². The number of hydrogen-bond donors (Lipinski definition) is 2. The first-order chi connectivity index (χ1) is 8.52. The molecule has 0 spiro atoms. The normalized spacial score (nSPS) is 10.4. The van der Waals surface area contributed by atoms with Crippen LogP contribution in [0.3, 0.4) is 0 Å². The number of nitrogens with zero attached hydrogens (tertiary/aromatic N) is 1. The van der Waals surface area contributed by atoms with Crippen LogP contribution in [-0.2, 0) is 4.79 Å². The molecule has 0 aliphatic heterocycles. The fraction of sp³-hybridized carbons (Fsp3) is 0. The molecule has 0 aliphatic carbocycles. The van der Waals surface area contributed by atoms with Gasteiger partial charge in [0.2, 0.25) is 6.41 Å². The van der Waals surface area contributed by atoms with E-state index in [4.69, 9.17) is 34.8 Å². The Morgan fingerprint density at radius 2 is 1.78 bits per heavy atom. The van der Waals surface area contributed by atoms with E-state index in [1.54, 1.807) is 0 Å². The lowest BCUT2D eigenvalue weighted by atomic mass is 10.3. The van der Waals surface area contributed by atoms with Gasteiger partial charge in [-0.05, 0) is 12.1 Å². The molecule has 2 N–H and O–H groups in total. The second-order valence-electron chi connectivity index (χ2n) is 3.32. The largest absolute Gasteiger partial charge is 0.314 e. The molecule has 8 heteroatoms. The quantitative estimate of drug-likeness (QED) is 0.856. The Morgan fingerprint density at radius 1 is 1.17 bits per heavy atom. The van der Waals surface area contributed by atoms with Gasteiger partial charge in [0.05, 0.1) is 10.0 Å². The molecule has 2 aromatic rings. The molecule has 1 heterocycles. The number of nitrogens with one attached hydrogen (secondary N) is 2. The van der Waals surface area contributed by atoms with E-state index in [9.17, 15) is 9.59 Å². The minimum Gasteiger partial charge on any atom is -0.314 e. The van der Waals surface area contributed by atoms with Crippen LogP contribution in [0.25, 0.3) is 5.69 Å². The Labute approximate surface area is 116 Å². The molecule has 94 valence electrons. The highest BCUT2D eigenvalue weighted by atomic mass is 35.5. The zero-order valence-corrected chi connectivity index (χ0v) is 11.0. The molecule has 2 rings (SSSR count). The number of aromatic nitrogens is 2. The molecule has 0 aliphatic rings. The van der Waals surface area contributed by atoms with Gasteiger partial charge in [0.25, 0.3) is 5.56 Å². The van der Waals surface area contributed by atoms with Crippen LogP contribution in [0.1, 0.15) is 0 Å². The van der Waals surface area contributed by atoms with Gasteiger partial charge < -0.3 is 5.32 Å². The number of hydrogen-bond acceptors (Lipinski definition) is 2. The standard InChI is InChI=1S/C10H6Cl3N3O2/c11-5-1-6(12)10(7(13)2-5)16-9(18)3-8(15-16)14-4-17/h1-4,15H,(H,14,17). The summed E-state index contributed by atoms with van der Waals surface area (Å²) >= 11 is 17.8. The highest BCUT2D eigenvalue weighted by Gasteiger charge is 2.13. The van der Waals surface area contributed by atoms with Crippen LogP contribution in [0.4, 0.5) is 5.82 Å². The zero-order valence-electron chi connectivity index (χ0n) is 8.71. The molecule has 0 saturated heterocycles. The molecule has 1 amide bonds. The van der Waals surface area contributed by atoms with E-state index in [0.717, 1.165) is 4.68 Å². The first-order valence-electron chi connectivity index (χ1n) is 4.70. The number of H-pyrrole nitrogens is 1. The minimum atomic E-state index is -0.412. The summed E-state index contributed by atoms with van der Waals surface area (Å²) in [6, 6.07) is 4.13.